The first-order chi connectivity index (χ1) is 12.3. The van der Waals surface area contributed by atoms with Crippen molar-refractivity contribution >= 4 is 40.2 Å². The molecule has 1 aromatic heterocycles. The van der Waals surface area contributed by atoms with Gasteiger partial charge in [-0.05, 0) is 43.2 Å². The smallest absolute Gasteiger partial charge is 0.341 e. The van der Waals surface area contributed by atoms with Crippen molar-refractivity contribution in [3.05, 3.63) is 57.7 Å². The van der Waals surface area contributed by atoms with Crippen molar-refractivity contribution < 1.29 is 23.5 Å². The minimum atomic E-state index is -0.694. The van der Waals surface area contributed by atoms with Gasteiger partial charge in [0.25, 0.3) is 5.91 Å². The van der Waals surface area contributed by atoms with E-state index < -0.39 is 17.8 Å². The molecule has 6 nitrogen and oxygen atoms in total. The Bertz CT molecular complexity index is 872. The zero-order valence-corrected chi connectivity index (χ0v) is 15.0. The normalized spacial score (nSPS) is 10.7. The number of esters is 1. The maximum absolute atomic E-state index is 12.9. The summed E-state index contributed by atoms with van der Waals surface area (Å²) in [5.74, 6) is -2.23. The number of benzene rings is 1. The number of anilines is 1. The lowest BCUT2D eigenvalue weighted by Crippen LogP contribution is -2.13. The Labute approximate surface area is 153 Å². The molecule has 0 saturated carbocycles. The maximum atomic E-state index is 12.9. The van der Waals surface area contributed by atoms with E-state index in [1.165, 1.54) is 36.4 Å². The predicted molar refractivity (Wildman–Crippen MR) is 97.6 cm³/mol. The topological polar surface area (TPSA) is 98.5 Å². The number of primary amides is 1. The Morgan fingerprint density at radius 2 is 1.92 bits per heavy atom. The van der Waals surface area contributed by atoms with Gasteiger partial charge in [0.1, 0.15) is 10.8 Å². The quantitative estimate of drug-likeness (QED) is 0.598. The molecular formula is C18H17FN2O4S. The highest BCUT2D eigenvalue weighted by molar-refractivity contribution is 7.18. The second kappa shape index (κ2) is 8.39. The van der Waals surface area contributed by atoms with Crippen molar-refractivity contribution in [3.8, 4) is 0 Å². The summed E-state index contributed by atoms with van der Waals surface area (Å²) < 4.78 is 17.9. The molecule has 1 heterocycles. The van der Waals surface area contributed by atoms with E-state index in [9.17, 15) is 18.8 Å². The number of carbonyl (C=O) groups excluding carboxylic acids is 3. The number of nitrogens with two attached hydrogens (primary N) is 1. The van der Waals surface area contributed by atoms with E-state index in [-0.39, 0.29) is 27.9 Å². The number of rotatable bonds is 6. The Morgan fingerprint density at radius 1 is 1.27 bits per heavy atom. The van der Waals surface area contributed by atoms with Gasteiger partial charge in [-0.1, -0.05) is 12.1 Å². The van der Waals surface area contributed by atoms with Gasteiger partial charge < -0.3 is 15.8 Å². The van der Waals surface area contributed by atoms with Gasteiger partial charge >= 0.3 is 5.97 Å². The summed E-state index contributed by atoms with van der Waals surface area (Å²) in [7, 11) is 0. The van der Waals surface area contributed by atoms with Crippen molar-refractivity contribution in [2.75, 3.05) is 11.9 Å². The molecule has 0 bridgehead atoms. The van der Waals surface area contributed by atoms with Gasteiger partial charge in [0.15, 0.2) is 0 Å². The van der Waals surface area contributed by atoms with Gasteiger partial charge in [-0.2, -0.15) is 0 Å². The molecule has 3 N–H and O–H groups in total. The Hall–Kier alpha value is -3.00. The molecule has 136 valence electrons. The van der Waals surface area contributed by atoms with Gasteiger partial charge in [0.2, 0.25) is 5.91 Å². The van der Waals surface area contributed by atoms with Crippen molar-refractivity contribution in [1.29, 1.82) is 0 Å². The van der Waals surface area contributed by atoms with Crippen LogP contribution in [0.1, 0.15) is 38.1 Å². The monoisotopic (exact) mass is 376 g/mol. The van der Waals surface area contributed by atoms with Crippen LogP contribution in [0.4, 0.5) is 9.39 Å². The van der Waals surface area contributed by atoms with E-state index in [0.717, 1.165) is 11.3 Å². The van der Waals surface area contributed by atoms with Gasteiger partial charge in [-0.25, -0.2) is 9.18 Å². The number of ether oxygens (including phenoxy) is 1. The average Bonchev–Trinajstić information content (AvgIpc) is 2.91. The highest BCUT2D eigenvalue weighted by Crippen LogP contribution is 2.33. The summed E-state index contributed by atoms with van der Waals surface area (Å²) in [5, 5.41) is 2.74. The van der Waals surface area contributed by atoms with Crippen molar-refractivity contribution in [2.45, 2.75) is 13.8 Å². The number of halogens is 1. The Morgan fingerprint density at radius 3 is 2.50 bits per heavy atom. The molecule has 0 aliphatic rings. The number of hydrogen-bond acceptors (Lipinski definition) is 5. The van der Waals surface area contributed by atoms with Gasteiger partial charge in [-0.3, -0.25) is 9.59 Å². The Balaban J connectivity index is 2.25. The molecular weight excluding hydrogens is 359 g/mol. The van der Waals surface area contributed by atoms with Crippen molar-refractivity contribution in [1.82, 2.24) is 0 Å². The molecule has 0 fully saturated rings. The SMILES string of the molecule is CCOC(=O)c1c(NC(=O)/C=C/c2ccc(F)cc2)sc(C(N)=O)c1C. The number of amides is 2. The van der Waals surface area contributed by atoms with Crippen LogP contribution in [0.2, 0.25) is 0 Å². The van der Waals surface area contributed by atoms with Gasteiger partial charge in [0.05, 0.1) is 17.0 Å². The van der Waals surface area contributed by atoms with Crippen LogP contribution < -0.4 is 11.1 Å². The zero-order chi connectivity index (χ0) is 19.3. The first-order valence-corrected chi connectivity index (χ1v) is 8.50. The molecule has 2 aromatic rings. The maximum Gasteiger partial charge on any atom is 0.341 e. The number of nitrogens with one attached hydrogen (secondary N) is 1. The summed E-state index contributed by atoms with van der Waals surface area (Å²) in [5.41, 5.74) is 6.41. The second-order valence-electron chi connectivity index (χ2n) is 5.22. The molecule has 26 heavy (non-hydrogen) atoms. The fraction of sp³-hybridized carbons (Fsp3) is 0.167. The van der Waals surface area contributed by atoms with E-state index >= 15 is 0 Å². The first-order valence-electron chi connectivity index (χ1n) is 7.68. The highest BCUT2D eigenvalue weighted by Gasteiger charge is 2.25. The Kier molecular flexibility index (Phi) is 6.24. The van der Waals surface area contributed by atoms with E-state index in [4.69, 9.17) is 10.5 Å². The second-order valence-corrected chi connectivity index (χ2v) is 6.24. The van der Waals surface area contributed by atoms with Gasteiger partial charge in [-0.15, -0.1) is 11.3 Å². The standard InChI is InChI=1S/C18H17FN2O4S/c1-3-25-18(24)14-10(2)15(16(20)23)26-17(14)21-13(22)9-6-11-4-7-12(19)8-5-11/h4-9H,3H2,1-2H3,(H2,20,23)(H,21,22)/b9-6+. The average molecular weight is 376 g/mol. The molecule has 0 unspecified atom stereocenters. The van der Waals surface area contributed by atoms with Crippen LogP contribution >= 0.6 is 11.3 Å². The molecule has 0 aliphatic heterocycles. The minimum Gasteiger partial charge on any atom is -0.462 e. The van der Waals surface area contributed by atoms with Crippen LogP contribution in [-0.2, 0) is 9.53 Å². The summed E-state index contributed by atoms with van der Waals surface area (Å²) in [6, 6.07) is 5.59. The third kappa shape index (κ3) is 4.54. The minimum absolute atomic E-state index is 0.106. The van der Waals surface area contributed by atoms with Crippen LogP contribution in [0, 0.1) is 12.7 Å². The lowest BCUT2D eigenvalue weighted by molar-refractivity contribution is -0.111. The summed E-state index contributed by atoms with van der Waals surface area (Å²) in [6.45, 7) is 3.36. The highest BCUT2D eigenvalue weighted by atomic mass is 32.1. The molecule has 0 spiro atoms. The van der Waals surface area contributed by atoms with Crippen LogP contribution in [0.3, 0.4) is 0 Å². The van der Waals surface area contributed by atoms with E-state index in [2.05, 4.69) is 5.32 Å². The van der Waals surface area contributed by atoms with E-state index in [0.29, 0.717) is 11.1 Å². The molecule has 0 atom stereocenters. The molecule has 0 aliphatic carbocycles. The fourth-order valence-corrected chi connectivity index (χ4v) is 3.23. The van der Waals surface area contributed by atoms with E-state index in [1.807, 2.05) is 0 Å². The van der Waals surface area contributed by atoms with Crippen molar-refractivity contribution in [3.63, 3.8) is 0 Å². The fourth-order valence-electron chi connectivity index (χ4n) is 2.18. The molecule has 0 radical (unpaired) electrons. The van der Waals surface area contributed by atoms with Crippen molar-refractivity contribution in [2.24, 2.45) is 5.73 Å². The number of thiophene rings is 1. The summed E-state index contributed by atoms with van der Waals surface area (Å²) in [6.07, 6.45) is 2.73. The predicted octanol–water partition coefficient (Wildman–Crippen LogP) is 3.12. The third-order valence-corrected chi connectivity index (χ3v) is 4.61. The summed E-state index contributed by atoms with van der Waals surface area (Å²) in [4.78, 5) is 36.0. The molecule has 2 rings (SSSR count). The van der Waals surface area contributed by atoms with Crippen LogP contribution in [-0.4, -0.2) is 24.4 Å². The molecule has 8 heteroatoms. The first kappa shape index (κ1) is 19.3. The zero-order valence-electron chi connectivity index (χ0n) is 14.2. The van der Waals surface area contributed by atoms with Crippen LogP contribution in [0.15, 0.2) is 30.3 Å². The molecule has 1 aromatic carbocycles. The lowest BCUT2D eigenvalue weighted by atomic mass is 10.1. The van der Waals surface area contributed by atoms with Crippen LogP contribution in [0.5, 0.6) is 0 Å². The largest absolute Gasteiger partial charge is 0.462 e. The number of carbonyl (C=O) groups is 3. The van der Waals surface area contributed by atoms with E-state index in [1.54, 1.807) is 13.8 Å². The molecule has 0 saturated heterocycles. The number of hydrogen-bond donors (Lipinski definition) is 2. The third-order valence-electron chi connectivity index (χ3n) is 3.38. The summed E-state index contributed by atoms with van der Waals surface area (Å²) >= 11 is 0.910. The van der Waals surface area contributed by atoms with Crippen LogP contribution in [0.25, 0.3) is 6.08 Å². The lowest BCUT2D eigenvalue weighted by Gasteiger charge is -2.05. The van der Waals surface area contributed by atoms with Gasteiger partial charge in [0, 0.05) is 6.08 Å². The molecule has 2 amide bonds.